The van der Waals surface area contributed by atoms with E-state index >= 15 is 0 Å². The molecule has 2 unspecified atom stereocenters. The molecule has 0 heterocycles. The number of benzene rings is 4. The first kappa shape index (κ1) is 42.2. The molecule has 0 amide bonds. The first-order valence-electron chi connectivity index (χ1n) is 15.1. The highest BCUT2D eigenvalue weighted by molar-refractivity contribution is 6.35. The molecule has 0 bridgehead atoms. The number of nitrogens with zero attached hydrogens (tertiary/aromatic N) is 1. The van der Waals surface area contributed by atoms with Crippen molar-refractivity contribution < 1.29 is 60.9 Å². The molecule has 0 spiro atoms. The van der Waals surface area contributed by atoms with Crippen molar-refractivity contribution in [2.24, 2.45) is 0 Å². The molecule has 0 aromatic heterocycles. The third kappa shape index (κ3) is 12.4. The number of halogens is 6. The van der Waals surface area contributed by atoms with E-state index in [1.165, 1.54) is 14.0 Å². The van der Waals surface area contributed by atoms with E-state index in [9.17, 15) is 37.7 Å². The summed E-state index contributed by atoms with van der Waals surface area (Å²) in [6, 6.07) is 17.2. The van der Waals surface area contributed by atoms with Crippen molar-refractivity contribution >= 4 is 58.4 Å². The van der Waals surface area contributed by atoms with Gasteiger partial charge in [0.2, 0.25) is 0 Å². The van der Waals surface area contributed by atoms with Crippen LogP contribution in [0.3, 0.4) is 0 Å². The van der Waals surface area contributed by atoms with Crippen molar-refractivity contribution in [1.29, 1.82) is 0 Å². The summed E-state index contributed by atoms with van der Waals surface area (Å²) >= 11 is 17.7. The number of hydrogen-bond donors (Lipinski definition) is 0. The van der Waals surface area contributed by atoms with E-state index in [1.54, 1.807) is 56.3 Å². The number of carbonyl (C=O) groups is 3. The molecule has 18 heteroatoms. The molecule has 0 aliphatic carbocycles. The Hall–Kier alpha value is -5.25. The van der Waals surface area contributed by atoms with E-state index in [4.69, 9.17) is 58.5 Å². The standard InChI is InChI=1S/C19H15ClF3NO7.C16H14Cl2O4/c1-3-29-17(25)10(2)30-18(26)13-9-12(5-6-15(13)24(27)28)31-16-7-4-11(8-14(16)20)19(21,22)23;1-10(16(19)20-2)21-12-4-6-13(7-5-12)22-15-8-3-11(17)9-14(15)18/h4-10H,3H2,1-2H3;3-10H,1-2H3. The van der Waals surface area contributed by atoms with E-state index in [2.05, 4.69) is 4.74 Å². The summed E-state index contributed by atoms with van der Waals surface area (Å²) in [6.45, 7) is 4.43. The predicted octanol–water partition coefficient (Wildman–Crippen LogP) is 9.89. The summed E-state index contributed by atoms with van der Waals surface area (Å²) < 4.78 is 68.9. The van der Waals surface area contributed by atoms with Gasteiger partial charge in [0.25, 0.3) is 5.69 Å². The van der Waals surface area contributed by atoms with E-state index in [0.717, 1.165) is 30.3 Å². The Morgan fingerprint density at radius 1 is 0.774 bits per heavy atom. The Morgan fingerprint density at radius 2 is 1.34 bits per heavy atom. The molecule has 0 saturated heterocycles. The minimum absolute atomic E-state index is 0.0398. The second kappa shape index (κ2) is 19.0. The fourth-order valence-electron chi connectivity index (χ4n) is 4.01. The molecular formula is C35H29Cl3F3NO11. The second-order valence-electron chi connectivity index (χ2n) is 10.4. The van der Waals surface area contributed by atoms with E-state index in [0.29, 0.717) is 33.4 Å². The highest BCUT2D eigenvalue weighted by atomic mass is 35.5. The largest absolute Gasteiger partial charge is 0.479 e. The van der Waals surface area contributed by atoms with Gasteiger partial charge < -0.3 is 28.4 Å². The van der Waals surface area contributed by atoms with Crippen LogP contribution < -0.4 is 14.2 Å². The molecule has 0 fully saturated rings. The van der Waals surface area contributed by atoms with Gasteiger partial charge in [0.1, 0.15) is 34.3 Å². The number of nitro groups is 1. The predicted molar refractivity (Wildman–Crippen MR) is 186 cm³/mol. The van der Waals surface area contributed by atoms with Crippen molar-refractivity contribution in [2.75, 3.05) is 13.7 Å². The number of methoxy groups -OCH3 is 1. The lowest BCUT2D eigenvalue weighted by molar-refractivity contribution is -0.385. The van der Waals surface area contributed by atoms with Crippen LogP contribution in [-0.2, 0) is 30.0 Å². The maximum atomic E-state index is 12.8. The number of carbonyl (C=O) groups excluding carboxylic acids is 3. The maximum absolute atomic E-state index is 12.8. The van der Waals surface area contributed by atoms with Crippen LogP contribution >= 0.6 is 34.8 Å². The van der Waals surface area contributed by atoms with E-state index < -0.39 is 58.0 Å². The monoisotopic (exact) mass is 801 g/mol. The van der Waals surface area contributed by atoms with Crippen molar-refractivity contribution in [1.82, 2.24) is 0 Å². The summed E-state index contributed by atoms with van der Waals surface area (Å²) in [5.41, 5.74) is -2.17. The average Bonchev–Trinajstić information content (AvgIpc) is 3.10. The number of alkyl halides is 3. The lowest BCUT2D eigenvalue weighted by Gasteiger charge is -2.13. The number of nitro benzene ring substituents is 1. The van der Waals surface area contributed by atoms with Gasteiger partial charge in [-0.15, -0.1) is 0 Å². The molecule has 53 heavy (non-hydrogen) atoms. The van der Waals surface area contributed by atoms with Gasteiger partial charge >= 0.3 is 24.1 Å². The Bertz CT molecular complexity index is 1940. The summed E-state index contributed by atoms with van der Waals surface area (Å²) in [4.78, 5) is 45.7. The quantitative estimate of drug-likeness (QED) is 0.0583. The molecule has 12 nitrogen and oxygen atoms in total. The van der Waals surface area contributed by atoms with Crippen molar-refractivity contribution in [3.8, 4) is 28.7 Å². The van der Waals surface area contributed by atoms with Crippen LogP contribution in [0.25, 0.3) is 0 Å². The molecule has 282 valence electrons. The minimum Gasteiger partial charge on any atom is -0.479 e. The molecule has 0 aliphatic heterocycles. The molecule has 2 atom stereocenters. The van der Waals surface area contributed by atoms with Crippen LogP contribution in [0.1, 0.15) is 36.7 Å². The lowest BCUT2D eigenvalue weighted by Crippen LogP contribution is -2.26. The Balaban J connectivity index is 0.000000302. The van der Waals surface area contributed by atoms with Crippen molar-refractivity contribution in [3.63, 3.8) is 0 Å². The average molecular weight is 803 g/mol. The Morgan fingerprint density at radius 3 is 1.89 bits per heavy atom. The third-order valence-electron chi connectivity index (χ3n) is 6.57. The number of ether oxygens (including phenoxy) is 6. The van der Waals surface area contributed by atoms with E-state index in [1.807, 2.05) is 0 Å². The van der Waals surface area contributed by atoms with Crippen molar-refractivity contribution in [2.45, 2.75) is 39.2 Å². The SMILES string of the molecule is CCOC(=O)C(C)OC(=O)c1cc(Oc2ccc(C(F)(F)F)cc2Cl)ccc1[N+](=O)[O-].COC(=O)C(C)Oc1ccc(Oc2ccc(Cl)cc2Cl)cc1. The first-order chi connectivity index (χ1) is 24.9. The fourth-order valence-corrected chi connectivity index (χ4v) is 4.68. The van der Waals surface area contributed by atoms with Crippen LogP contribution in [0.2, 0.25) is 15.1 Å². The number of esters is 3. The molecule has 0 radical (unpaired) electrons. The summed E-state index contributed by atoms with van der Waals surface area (Å²) in [7, 11) is 1.31. The lowest BCUT2D eigenvalue weighted by atomic mass is 10.1. The van der Waals surface area contributed by atoms with Gasteiger partial charge in [-0.2, -0.15) is 13.2 Å². The highest BCUT2D eigenvalue weighted by Gasteiger charge is 2.31. The van der Waals surface area contributed by atoms with Crippen LogP contribution in [0.5, 0.6) is 28.7 Å². The van der Waals surface area contributed by atoms with Gasteiger partial charge in [0, 0.05) is 17.2 Å². The Kier molecular flexibility index (Phi) is 15.1. The van der Waals surface area contributed by atoms with Gasteiger partial charge in [-0.1, -0.05) is 34.8 Å². The van der Waals surface area contributed by atoms with E-state index in [-0.39, 0.29) is 23.1 Å². The maximum Gasteiger partial charge on any atom is 0.416 e. The normalized spacial score (nSPS) is 11.9. The number of hydrogen-bond acceptors (Lipinski definition) is 11. The summed E-state index contributed by atoms with van der Waals surface area (Å²) in [6.07, 6.45) is -6.62. The smallest absolute Gasteiger partial charge is 0.416 e. The van der Waals surface area contributed by atoms with Gasteiger partial charge in [-0.3, -0.25) is 10.1 Å². The molecular weight excluding hydrogens is 774 g/mol. The molecule has 4 aromatic rings. The summed E-state index contributed by atoms with van der Waals surface area (Å²) in [5, 5.41) is 11.8. The van der Waals surface area contributed by atoms with Gasteiger partial charge in [0.15, 0.2) is 12.2 Å². The fraction of sp³-hybridized carbons (Fsp3) is 0.229. The molecule has 0 aliphatic rings. The second-order valence-corrected chi connectivity index (χ2v) is 11.7. The zero-order valence-electron chi connectivity index (χ0n) is 28.1. The van der Waals surface area contributed by atoms with Gasteiger partial charge in [-0.25, -0.2) is 14.4 Å². The molecule has 4 aromatic carbocycles. The molecule has 4 rings (SSSR count). The van der Waals surface area contributed by atoms with Crippen molar-refractivity contribution in [3.05, 3.63) is 115 Å². The Labute approximate surface area is 315 Å². The zero-order chi connectivity index (χ0) is 39.5. The van der Waals surface area contributed by atoms with Gasteiger partial charge in [-0.05, 0) is 87.5 Å². The van der Waals surface area contributed by atoms with Gasteiger partial charge in [0.05, 0.1) is 34.2 Å². The van der Waals surface area contributed by atoms with Crippen LogP contribution in [0.4, 0.5) is 18.9 Å². The summed E-state index contributed by atoms with van der Waals surface area (Å²) in [5.74, 6) is -1.17. The van der Waals surface area contributed by atoms with Crippen LogP contribution in [-0.4, -0.2) is 48.8 Å². The first-order valence-corrected chi connectivity index (χ1v) is 16.2. The minimum atomic E-state index is -4.61. The zero-order valence-corrected chi connectivity index (χ0v) is 30.3. The number of rotatable bonds is 12. The highest BCUT2D eigenvalue weighted by Crippen LogP contribution is 2.37. The topological polar surface area (TPSA) is 150 Å². The van der Waals surface area contributed by atoms with Crippen LogP contribution in [0.15, 0.2) is 78.9 Å². The van der Waals surface area contributed by atoms with Crippen LogP contribution in [0, 0.1) is 10.1 Å². The molecule has 0 saturated carbocycles. The third-order valence-corrected chi connectivity index (χ3v) is 7.39. The molecule has 0 N–H and O–H groups in total.